The molecule has 0 radical (unpaired) electrons. The Kier molecular flexibility index (Phi) is 6.86. The topological polar surface area (TPSA) is 78.7 Å². The van der Waals surface area contributed by atoms with Gasteiger partial charge in [0.1, 0.15) is 0 Å². The van der Waals surface area contributed by atoms with Crippen molar-refractivity contribution in [1.29, 1.82) is 0 Å². The molecular formula is C18H26ClN5O2S. The maximum absolute atomic E-state index is 12.2. The van der Waals surface area contributed by atoms with Crippen LogP contribution in [0.2, 0.25) is 0 Å². The van der Waals surface area contributed by atoms with E-state index in [4.69, 9.17) is 0 Å². The fraction of sp³-hybridized carbons (Fsp3) is 0.611. The number of halogens is 1. The van der Waals surface area contributed by atoms with Crippen LogP contribution in [-0.4, -0.2) is 52.4 Å². The number of amides is 1. The van der Waals surface area contributed by atoms with Crippen molar-refractivity contribution in [3.8, 4) is 0 Å². The third kappa shape index (κ3) is 4.87. The van der Waals surface area contributed by atoms with Crippen molar-refractivity contribution in [3.05, 3.63) is 33.7 Å². The Hall–Kier alpha value is -1.48. The number of rotatable bonds is 5. The van der Waals surface area contributed by atoms with Crippen molar-refractivity contribution in [2.24, 2.45) is 5.92 Å². The molecule has 4 rings (SSSR count). The second-order valence-corrected chi connectivity index (χ2v) is 8.15. The second kappa shape index (κ2) is 9.14. The highest BCUT2D eigenvalue weighted by molar-refractivity contribution is 7.15. The van der Waals surface area contributed by atoms with Gasteiger partial charge in [0.15, 0.2) is 4.96 Å². The number of nitrogens with zero attached hydrogens (tertiary/aromatic N) is 3. The molecule has 2 atom stereocenters. The summed E-state index contributed by atoms with van der Waals surface area (Å²) in [6.07, 6.45) is 6.03. The van der Waals surface area contributed by atoms with Crippen molar-refractivity contribution in [1.82, 2.24) is 24.9 Å². The van der Waals surface area contributed by atoms with E-state index in [-0.39, 0.29) is 29.9 Å². The zero-order chi connectivity index (χ0) is 17.9. The van der Waals surface area contributed by atoms with E-state index in [1.165, 1.54) is 11.3 Å². The predicted octanol–water partition coefficient (Wildman–Crippen LogP) is 1.26. The van der Waals surface area contributed by atoms with E-state index in [1.54, 1.807) is 16.7 Å². The van der Waals surface area contributed by atoms with E-state index in [0.29, 0.717) is 12.5 Å². The van der Waals surface area contributed by atoms with Gasteiger partial charge in [0, 0.05) is 37.3 Å². The lowest BCUT2D eigenvalue weighted by Crippen LogP contribution is -2.45. The molecule has 2 unspecified atom stereocenters. The van der Waals surface area contributed by atoms with Gasteiger partial charge in [-0.25, -0.2) is 4.98 Å². The molecule has 2 aliphatic rings. The van der Waals surface area contributed by atoms with Crippen LogP contribution in [0.5, 0.6) is 0 Å². The van der Waals surface area contributed by atoms with Gasteiger partial charge >= 0.3 is 0 Å². The molecule has 0 aromatic carbocycles. The minimum absolute atomic E-state index is 0. The summed E-state index contributed by atoms with van der Waals surface area (Å²) < 4.78 is 1.58. The van der Waals surface area contributed by atoms with Crippen LogP contribution in [0.4, 0.5) is 0 Å². The molecule has 2 aromatic heterocycles. The summed E-state index contributed by atoms with van der Waals surface area (Å²) >= 11 is 1.48. The first-order valence-electron chi connectivity index (χ1n) is 9.38. The average molecular weight is 412 g/mol. The molecule has 27 heavy (non-hydrogen) atoms. The van der Waals surface area contributed by atoms with Crippen LogP contribution in [0.25, 0.3) is 4.96 Å². The quantitative estimate of drug-likeness (QED) is 0.774. The number of carbonyl (C=O) groups excluding carboxylic acids is 1. The lowest BCUT2D eigenvalue weighted by atomic mass is 9.97. The van der Waals surface area contributed by atoms with Crippen molar-refractivity contribution in [3.63, 3.8) is 0 Å². The van der Waals surface area contributed by atoms with Gasteiger partial charge in [-0.05, 0) is 44.7 Å². The Morgan fingerprint density at radius 2 is 2.26 bits per heavy atom. The molecule has 0 aliphatic carbocycles. The Morgan fingerprint density at radius 1 is 1.37 bits per heavy atom. The van der Waals surface area contributed by atoms with Crippen LogP contribution >= 0.6 is 23.7 Å². The van der Waals surface area contributed by atoms with Crippen LogP contribution in [0.15, 0.2) is 22.4 Å². The lowest BCUT2D eigenvalue weighted by molar-refractivity contribution is -0.123. The highest BCUT2D eigenvalue weighted by Crippen LogP contribution is 2.18. The van der Waals surface area contributed by atoms with Gasteiger partial charge in [0.2, 0.25) is 5.91 Å². The largest absolute Gasteiger partial charge is 0.354 e. The fourth-order valence-electron chi connectivity index (χ4n) is 3.94. The summed E-state index contributed by atoms with van der Waals surface area (Å²) in [5.41, 5.74) is 0.813. The molecule has 4 heterocycles. The highest BCUT2D eigenvalue weighted by Gasteiger charge is 2.25. The number of carbonyl (C=O) groups is 1. The van der Waals surface area contributed by atoms with Gasteiger partial charge in [-0.1, -0.05) is 0 Å². The summed E-state index contributed by atoms with van der Waals surface area (Å²) in [6, 6.07) is 1.63. The van der Waals surface area contributed by atoms with Crippen molar-refractivity contribution in [2.75, 3.05) is 26.2 Å². The summed E-state index contributed by atoms with van der Waals surface area (Å²) in [7, 11) is 0. The molecule has 9 heteroatoms. The van der Waals surface area contributed by atoms with E-state index in [0.717, 1.165) is 62.5 Å². The number of fused-ring (bicyclic) bond motifs is 1. The first kappa shape index (κ1) is 20.3. The predicted molar refractivity (Wildman–Crippen MR) is 109 cm³/mol. The molecular weight excluding hydrogens is 386 g/mol. The number of nitrogens with one attached hydrogen (secondary N) is 2. The van der Waals surface area contributed by atoms with Crippen molar-refractivity contribution in [2.45, 2.75) is 38.3 Å². The minimum Gasteiger partial charge on any atom is -0.354 e. The number of hydrogen-bond donors (Lipinski definition) is 2. The Labute approximate surface area is 168 Å². The third-order valence-corrected chi connectivity index (χ3v) is 6.04. The number of piperidine rings is 1. The maximum atomic E-state index is 12.2. The van der Waals surface area contributed by atoms with Crippen LogP contribution in [-0.2, 0) is 11.3 Å². The molecule has 2 N–H and O–H groups in total. The maximum Gasteiger partial charge on any atom is 0.258 e. The van der Waals surface area contributed by atoms with Gasteiger partial charge in [0.25, 0.3) is 5.56 Å². The minimum atomic E-state index is -0.0175. The van der Waals surface area contributed by atoms with Crippen LogP contribution < -0.4 is 16.2 Å². The zero-order valence-electron chi connectivity index (χ0n) is 15.2. The normalized spacial score (nSPS) is 23.3. The standard InChI is InChI=1S/C18H25N5O2S.ClH/c24-16-9-14(21-18-23(16)7-8-26-18)12-22-6-2-3-13(11-22)10-20-17(25)15-4-1-5-19-15;/h7-9,13,15,19H,1-6,10-12H2,(H,20,25);1H. The molecule has 7 nitrogen and oxygen atoms in total. The highest BCUT2D eigenvalue weighted by atomic mass is 35.5. The van der Waals surface area contributed by atoms with Crippen molar-refractivity contribution < 1.29 is 4.79 Å². The monoisotopic (exact) mass is 411 g/mol. The van der Waals surface area contributed by atoms with Crippen LogP contribution in [0.1, 0.15) is 31.4 Å². The molecule has 2 saturated heterocycles. The summed E-state index contributed by atoms with van der Waals surface area (Å²) in [6.45, 7) is 4.31. The zero-order valence-corrected chi connectivity index (χ0v) is 16.9. The average Bonchev–Trinajstić information content (AvgIpc) is 3.32. The molecule has 2 fully saturated rings. The first-order valence-corrected chi connectivity index (χ1v) is 10.3. The second-order valence-electron chi connectivity index (χ2n) is 7.28. The molecule has 2 aromatic rings. The van der Waals surface area contributed by atoms with E-state index in [1.807, 2.05) is 5.38 Å². The van der Waals surface area contributed by atoms with E-state index < -0.39 is 0 Å². The lowest BCUT2D eigenvalue weighted by Gasteiger charge is -2.32. The Morgan fingerprint density at radius 3 is 3.07 bits per heavy atom. The molecule has 0 spiro atoms. The van der Waals surface area contributed by atoms with E-state index in [2.05, 4.69) is 20.5 Å². The van der Waals surface area contributed by atoms with Gasteiger partial charge in [0.05, 0.1) is 11.7 Å². The summed E-state index contributed by atoms with van der Waals surface area (Å²) in [5, 5.41) is 8.24. The van der Waals surface area contributed by atoms with Crippen LogP contribution in [0, 0.1) is 5.92 Å². The molecule has 2 aliphatic heterocycles. The summed E-state index contributed by atoms with van der Waals surface area (Å²) in [5.74, 6) is 0.595. The molecule has 148 valence electrons. The molecule has 1 amide bonds. The smallest absolute Gasteiger partial charge is 0.258 e. The first-order chi connectivity index (χ1) is 12.7. The van der Waals surface area contributed by atoms with Gasteiger partial charge < -0.3 is 10.6 Å². The van der Waals surface area contributed by atoms with E-state index >= 15 is 0 Å². The van der Waals surface area contributed by atoms with E-state index in [9.17, 15) is 9.59 Å². The molecule has 0 saturated carbocycles. The Balaban J connectivity index is 0.00000210. The SMILES string of the molecule is Cl.O=C(NCC1CCCN(Cc2cc(=O)n3ccsc3n2)C1)C1CCCN1. The van der Waals surface area contributed by atoms with Gasteiger partial charge in [-0.2, -0.15) is 0 Å². The fourth-order valence-corrected chi connectivity index (χ4v) is 4.67. The van der Waals surface area contributed by atoms with Gasteiger partial charge in [-0.3, -0.25) is 18.9 Å². The molecule has 0 bridgehead atoms. The number of hydrogen-bond acceptors (Lipinski definition) is 6. The van der Waals surface area contributed by atoms with Crippen LogP contribution in [0.3, 0.4) is 0 Å². The van der Waals surface area contributed by atoms with Gasteiger partial charge in [-0.15, -0.1) is 23.7 Å². The number of likely N-dealkylation sites (tertiary alicyclic amines) is 1. The van der Waals surface area contributed by atoms with Crippen molar-refractivity contribution >= 4 is 34.6 Å². The number of thiazole rings is 1. The summed E-state index contributed by atoms with van der Waals surface area (Å²) in [4.78, 5) is 32.0. The number of aromatic nitrogens is 2. The third-order valence-electron chi connectivity index (χ3n) is 5.29. The Bertz CT molecular complexity index is 833.